The van der Waals surface area contributed by atoms with Gasteiger partial charge >= 0.3 is 6.03 Å². The van der Waals surface area contributed by atoms with Crippen molar-refractivity contribution in [3.63, 3.8) is 0 Å². The van der Waals surface area contributed by atoms with E-state index in [1.807, 2.05) is 31.2 Å². The first-order valence-electron chi connectivity index (χ1n) is 6.88. The molecule has 7 nitrogen and oxygen atoms in total. The second-order valence-corrected chi connectivity index (χ2v) is 4.35. The predicted octanol–water partition coefficient (Wildman–Crippen LogP) is 0.653. The largest absolute Gasteiger partial charge is 0.494 e. The first-order chi connectivity index (χ1) is 10.1. The number of ether oxygens (including phenoxy) is 1. The molecule has 0 aliphatic carbocycles. The van der Waals surface area contributed by atoms with Crippen LogP contribution in [0.3, 0.4) is 0 Å². The zero-order valence-corrected chi connectivity index (χ0v) is 12.3. The molecule has 0 aliphatic rings. The summed E-state index contributed by atoms with van der Waals surface area (Å²) < 4.78 is 5.46. The molecular formula is C14H22N4O3. The van der Waals surface area contributed by atoms with Crippen LogP contribution in [0.1, 0.15) is 25.8 Å². The first-order valence-corrected chi connectivity index (χ1v) is 6.88. The van der Waals surface area contributed by atoms with Crippen molar-refractivity contribution in [2.75, 3.05) is 6.61 Å². The third kappa shape index (κ3) is 5.70. The lowest BCUT2D eigenvalue weighted by Crippen LogP contribution is -2.51. The van der Waals surface area contributed by atoms with Gasteiger partial charge in [0.1, 0.15) is 5.75 Å². The van der Waals surface area contributed by atoms with Crippen molar-refractivity contribution in [1.29, 1.82) is 0 Å². The average Bonchev–Trinajstić information content (AvgIpc) is 2.51. The van der Waals surface area contributed by atoms with E-state index in [0.29, 0.717) is 13.0 Å². The third-order valence-electron chi connectivity index (χ3n) is 2.79. The molecule has 1 aromatic rings. The molecule has 21 heavy (non-hydrogen) atoms. The molecule has 3 amide bonds. The summed E-state index contributed by atoms with van der Waals surface area (Å²) in [5, 5.41) is 2.62. The number of rotatable bonds is 6. The van der Waals surface area contributed by atoms with E-state index in [4.69, 9.17) is 10.5 Å². The summed E-state index contributed by atoms with van der Waals surface area (Å²) in [5.41, 5.74) is 10.9. The van der Waals surface area contributed by atoms with Crippen LogP contribution in [0.25, 0.3) is 0 Å². The highest BCUT2D eigenvalue weighted by Gasteiger charge is 2.11. The summed E-state index contributed by atoms with van der Waals surface area (Å²) in [6.07, 6.45) is 0.497. The van der Waals surface area contributed by atoms with E-state index in [9.17, 15) is 9.59 Å². The van der Waals surface area contributed by atoms with Crippen LogP contribution in [0.5, 0.6) is 5.75 Å². The van der Waals surface area contributed by atoms with Gasteiger partial charge in [0.15, 0.2) is 0 Å². The number of nitrogens with two attached hydrogens (primary N) is 1. The number of para-hydroxylation sites is 1. The van der Waals surface area contributed by atoms with Crippen LogP contribution in [-0.4, -0.2) is 24.6 Å². The minimum atomic E-state index is -0.635. The molecule has 1 unspecified atom stereocenters. The number of benzene rings is 1. The monoisotopic (exact) mass is 294 g/mol. The van der Waals surface area contributed by atoms with E-state index >= 15 is 0 Å². The Morgan fingerprint density at radius 1 is 1.24 bits per heavy atom. The predicted molar refractivity (Wildman–Crippen MR) is 79.4 cm³/mol. The van der Waals surface area contributed by atoms with Crippen LogP contribution in [0.2, 0.25) is 0 Å². The maximum Gasteiger partial charge on any atom is 0.333 e. The van der Waals surface area contributed by atoms with E-state index in [0.717, 1.165) is 11.3 Å². The molecule has 116 valence electrons. The van der Waals surface area contributed by atoms with Gasteiger partial charge in [-0.25, -0.2) is 10.2 Å². The number of urea groups is 1. The number of hydrazine groups is 1. The fourth-order valence-corrected chi connectivity index (χ4v) is 1.56. The van der Waals surface area contributed by atoms with Gasteiger partial charge in [-0.1, -0.05) is 25.1 Å². The third-order valence-corrected chi connectivity index (χ3v) is 2.79. The van der Waals surface area contributed by atoms with Gasteiger partial charge in [-0.2, -0.15) is 0 Å². The Morgan fingerprint density at radius 3 is 2.62 bits per heavy atom. The number of carbonyl (C=O) groups excluding carboxylic acids is 2. The molecule has 0 aliphatic heterocycles. The Labute approximate surface area is 124 Å². The Morgan fingerprint density at radius 2 is 1.95 bits per heavy atom. The second-order valence-electron chi connectivity index (χ2n) is 4.35. The SMILES string of the molecule is CCOc1ccccc1CNC(=O)NNC(=O)C(N)CC. The van der Waals surface area contributed by atoms with Gasteiger partial charge < -0.3 is 15.8 Å². The Kier molecular flexibility index (Phi) is 7.03. The van der Waals surface area contributed by atoms with E-state index < -0.39 is 18.0 Å². The summed E-state index contributed by atoms with van der Waals surface area (Å²) >= 11 is 0. The molecule has 1 aromatic carbocycles. The van der Waals surface area contributed by atoms with Gasteiger partial charge in [0.05, 0.1) is 12.6 Å². The van der Waals surface area contributed by atoms with E-state index in [-0.39, 0.29) is 6.54 Å². The number of amides is 3. The van der Waals surface area contributed by atoms with E-state index in [1.54, 1.807) is 6.92 Å². The lowest BCUT2D eigenvalue weighted by molar-refractivity contribution is -0.123. The average molecular weight is 294 g/mol. The summed E-state index contributed by atoms with van der Waals surface area (Å²) in [7, 11) is 0. The molecular weight excluding hydrogens is 272 g/mol. The van der Waals surface area contributed by atoms with E-state index in [2.05, 4.69) is 16.2 Å². The quantitative estimate of drug-likeness (QED) is 0.578. The molecule has 0 bridgehead atoms. The van der Waals surface area contributed by atoms with Crippen molar-refractivity contribution < 1.29 is 14.3 Å². The lowest BCUT2D eigenvalue weighted by Gasteiger charge is -2.13. The molecule has 7 heteroatoms. The molecule has 1 atom stereocenters. The standard InChI is InChI=1S/C14H22N4O3/c1-3-11(15)13(19)17-18-14(20)16-9-10-7-5-6-8-12(10)21-4-2/h5-8,11H,3-4,9,15H2,1-2H3,(H,17,19)(H2,16,18,20). The summed E-state index contributed by atoms with van der Waals surface area (Å²) in [5.74, 6) is 0.291. The maximum absolute atomic E-state index is 11.6. The van der Waals surface area contributed by atoms with Crippen molar-refractivity contribution >= 4 is 11.9 Å². The molecule has 0 saturated carbocycles. The van der Waals surface area contributed by atoms with Crippen LogP contribution in [0.4, 0.5) is 4.79 Å². The molecule has 0 saturated heterocycles. The minimum Gasteiger partial charge on any atom is -0.494 e. The zero-order valence-electron chi connectivity index (χ0n) is 12.3. The smallest absolute Gasteiger partial charge is 0.333 e. The minimum absolute atomic E-state index is 0.289. The Bertz CT molecular complexity index is 479. The lowest BCUT2D eigenvalue weighted by atomic mass is 10.2. The number of carbonyl (C=O) groups is 2. The summed E-state index contributed by atoms with van der Waals surface area (Å²) in [6.45, 7) is 4.52. The van der Waals surface area contributed by atoms with Gasteiger partial charge in [-0.05, 0) is 19.4 Å². The molecule has 5 N–H and O–H groups in total. The van der Waals surface area contributed by atoms with Crippen LogP contribution >= 0.6 is 0 Å². The highest BCUT2D eigenvalue weighted by atomic mass is 16.5. The van der Waals surface area contributed by atoms with Crippen molar-refractivity contribution in [2.24, 2.45) is 5.73 Å². The number of hydrogen-bond acceptors (Lipinski definition) is 4. The molecule has 0 aromatic heterocycles. The molecule has 1 rings (SSSR count). The first kappa shape index (κ1) is 16.8. The Balaban J connectivity index is 2.41. The highest BCUT2D eigenvalue weighted by Crippen LogP contribution is 2.17. The number of hydrogen-bond donors (Lipinski definition) is 4. The molecule has 0 heterocycles. The van der Waals surface area contributed by atoms with Crippen LogP contribution in [-0.2, 0) is 11.3 Å². The van der Waals surface area contributed by atoms with Crippen molar-refractivity contribution in [3.8, 4) is 5.75 Å². The molecule has 0 fully saturated rings. The van der Waals surface area contributed by atoms with E-state index in [1.165, 1.54) is 0 Å². The van der Waals surface area contributed by atoms with Gasteiger partial charge in [-0.15, -0.1) is 0 Å². The van der Waals surface area contributed by atoms with Gasteiger partial charge in [0.2, 0.25) is 0 Å². The second kappa shape index (κ2) is 8.80. The molecule has 0 radical (unpaired) electrons. The molecule has 0 spiro atoms. The number of nitrogens with one attached hydrogen (secondary N) is 3. The highest BCUT2D eigenvalue weighted by molar-refractivity contribution is 5.84. The van der Waals surface area contributed by atoms with Gasteiger partial charge in [0.25, 0.3) is 5.91 Å². The van der Waals surface area contributed by atoms with Crippen molar-refractivity contribution in [3.05, 3.63) is 29.8 Å². The van der Waals surface area contributed by atoms with Gasteiger partial charge in [0, 0.05) is 12.1 Å². The van der Waals surface area contributed by atoms with Crippen LogP contribution in [0, 0.1) is 0 Å². The fraction of sp³-hybridized carbons (Fsp3) is 0.429. The Hall–Kier alpha value is -2.28. The van der Waals surface area contributed by atoms with Gasteiger partial charge in [-0.3, -0.25) is 10.2 Å². The summed E-state index contributed by atoms with van der Waals surface area (Å²) in [4.78, 5) is 23.0. The summed E-state index contributed by atoms with van der Waals surface area (Å²) in [6, 6.07) is 6.26. The topological polar surface area (TPSA) is 105 Å². The van der Waals surface area contributed by atoms with Crippen LogP contribution in [0.15, 0.2) is 24.3 Å². The van der Waals surface area contributed by atoms with Crippen molar-refractivity contribution in [1.82, 2.24) is 16.2 Å². The van der Waals surface area contributed by atoms with Crippen molar-refractivity contribution in [2.45, 2.75) is 32.9 Å². The zero-order chi connectivity index (χ0) is 15.7. The maximum atomic E-state index is 11.6. The van der Waals surface area contributed by atoms with Crippen LogP contribution < -0.4 is 26.6 Å². The fourth-order valence-electron chi connectivity index (χ4n) is 1.56. The normalized spacial score (nSPS) is 11.4.